The first kappa shape index (κ1) is 51.6. The van der Waals surface area contributed by atoms with Crippen LogP contribution in [0.15, 0.2) is 83.9 Å². The number of halogens is 14. The molecule has 4 aromatic rings. The molecule has 0 saturated heterocycles. The van der Waals surface area contributed by atoms with Gasteiger partial charge in [0.1, 0.15) is 0 Å². The molecule has 4 aromatic carbocycles. The molecular weight excluding hydrogens is 1040 g/mol. The molecule has 0 amide bonds. The van der Waals surface area contributed by atoms with Crippen LogP contribution in [0.25, 0.3) is 34.4 Å². The van der Waals surface area contributed by atoms with Crippen LogP contribution >= 0.6 is 24.8 Å². The molecule has 68 heavy (non-hydrogen) atoms. The van der Waals surface area contributed by atoms with Gasteiger partial charge in [-0.3, -0.25) is 0 Å². The Labute approximate surface area is 403 Å². The standard InChI is InChI=1S/2C25H21F6.2CH3.2ClH.H2Si.Zr/c2*26-24(27,28)19-10-18(11-20(12-19)25(29,30)31)21-3-1-2-17-8-16(9-22(17)21)14-23-6-4-15(13-23)5-7-23;;;;;;/h2*1-3,8-12,15H,4-7,13-14H2;2*1H3;2*1H;1H2;. The van der Waals surface area contributed by atoms with Crippen molar-refractivity contribution in [3.05, 3.63) is 128 Å². The average Bonchev–Trinajstić information content (AvgIpc) is 4.09. The Balaban J connectivity index is 0.00000312. The zero-order chi connectivity index (χ0) is 47.2. The Hall–Kier alpha value is -2.80. The molecule has 0 nitrogen and oxygen atoms in total. The molecule has 4 fully saturated rings. The molecule has 0 N–H and O–H groups in total. The van der Waals surface area contributed by atoms with Gasteiger partial charge in [0.05, 0.1) is 0 Å². The summed E-state index contributed by atoms with van der Waals surface area (Å²) in [6.07, 6.45) is -3.96. The second-order valence-electron chi connectivity index (χ2n) is 22.1. The van der Waals surface area contributed by atoms with E-state index in [-0.39, 0.29) is 77.3 Å². The fraction of sp³-hybridized carbons (Fsp3) is 0.462. The van der Waals surface area contributed by atoms with E-state index in [0.717, 1.165) is 124 Å². The first-order valence-electron chi connectivity index (χ1n) is 22.9. The van der Waals surface area contributed by atoms with E-state index < -0.39 is 64.4 Å². The van der Waals surface area contributed by atoms with Gasteiger partial charge < -0.3 is 0 Å². The van der Waals surface area contributed by atoms with Gasteiger partial charge in [0.15, 0.2) is 0 Å². The number of rotatable bonds is 8. The molecule has 0 radical (unpaired) electrons. The van der Waals surface area contributed by atoms with Gasteiger partial charge >= 0.3 is 381 Å². The van der Waals surface area contributed by atoms with Crippen molar-refractivity contribution in [3.63, 3.8) is 0 Å². The van der Waals surface area contributed by atoms with Crippen molar-refractivity contribution in [2.75, 3.05) is 0 Å². The number of hydrogen-bond acceptors (Lipinski definition) is 0. The Kier molecular flexibility index (Phi) is 12.8. The minimum atomic E-state index is -5.04. The second kappa shape index (κ2) is 16.9. The first-order chi connectivity index (χ1) is 30.6. The maximum atomic E-state index is 14.3. The minimum absolute atomic E-state index is 0. The van der Waals surface area contributed by atoms with Crippen molar-refractivity contribution < 1.29 is 70.1 Å². The fourth-order valence-corrected chi connectivity index (χ4v) is 34.0. The van der Waals surface area contributed by atoms with Crippen LogP contribution in [0.4, 0.5) is 52.7 Å². The summed E-state index contributed by atoms with van der Waals surface area (Å²) in [6, 6.07) is 14.1. The number of benzene rings is 4. The summed E-state index contributed by atoms with van der Waals surface area (Å²) < 4.78 is 176. The van der Waals surface area contributed by atoms with E-state index in [0.29, 0.717) is 23.0 Å². The van der Waals surface area contributed by atoms with Crippen LogP contribution in [0.3, 0.4) is 0 Å². The van der Waals surface area contributed by atoms with Crippen molar-refractivity contribution in [2.45, 2.75) is 118 Å². The Morgan fingerprint density at radius 2 is 0.809 bits per heavy atom. The average molecular weight is 1100 g/mol. The topological polar surface area (TPSA) is 0 Å². The van der Waals surface area contributed by atoms with Crippen LogP contribution in [0.2, 0.25) is 9.26 Å². The van der Waals surface area contributed by atoms with Gasteiger partial charge in [-0.25, -0.2) is 0 Å². The van der Waals surface area contributed by atoms with Crippen LogP contribution in [0.1, 0.15) is 129 Å². The molecule has 366 valence electrons. The quantitative estimate of drug-likeness (QED) is 0.122. The number of fused-ring (bicyclic) bond motifs is 6. The van der Waals surface area contributed by atoms with Crippen molar-refractivity contribution in [1.82, 2.24) is 0 Å². The van der Waals surface area contributed by atoms with Gasteiger partial charge in [0.25, 0.3) is 0 Å². The molecule has 0 heterocycles. The molecule has 10 rings (SSSR count). The fourth-order valence-electron chi connectivity index (χ4n) is 14.4. The van der Waals surface area contributed by atoms with E-state index in [1.807, 2.05) is 19.0 Å². The van der Waals surface area contributed by atoms with Gasteiger partial charge in [-0.15, -0.1) is 24.8 Å². The maximum absolute atomic E-state index is 14.3. The van der Waals surface area contributed by atoms with Crippen LogP contribution in [0.5, 0.6) is 0 Å². The molecule has 2 unspecified atom stereocenters. The molecule has 6 aliphatic rings. The first-order valence-corrected chi connectivity index (χ1v) is 36.6. The van der Waals surface area contributed by atoms with Crippen molar-refractivity contribution in [1.29, 1.82) is 0 Å². The predicted molar refractivity (Wildman–Crippen MR) is 247 cm³/mol. The number of alkyl halides is 12. The van der Waals surface area contributed by atoms with E-state index in [2.05, 4.69) is 21.4 Å². The summed E-state index contributed by atoms with van der Waals surface area (Å²) in [5.74, 6) is 1.21. The van der Waals surface area contributed by atoms with Crippen molar-refractivity contribution >= 4 is 43.8 Å². The zero-order valence-electron chi connectivity index (χ0n) is 37.4. The molecule has 0 aliphatic heterocycles. The SMILES string of the molecule is Cl.Cl.[CH3][Zr]([CH3])(=[SiH2])([CH]1C(CC23CCC(CC2)C3)=Cc2c(-c3cc(C(F)(F)F)cc(C(F)(F)F)c3)cccc21)[CH]1C(CC23CCC(CC2)C3)=Cc2c(-c3cc(C(F)(F)F)cc(C(F)(F)F)c3)cccc21. The predicted octanol–water partition coefficient (Wildman–Crippen LogP) is 17.8. The van der Waals surface area contributed by atoms with Crippen LogP contribution in [0, 0.1) is 22.7 Å². The summed E-state index contributed by atoms with van der Waals surface area (Å²) >= 11 is -4.77. The Morgan fingerprint density at radius 1 is 0.500 bits per heavy atom. The van der Waals surface area contributed by atoms with Crippen LogP contribution < -0.4 is 0 Å². The summed E-state index contributed by atoms with van der Waals surface area (Å²) in [6.45, 7) is 2.02. The molecule has 0 aromatic heterocycles. The zero-order valence-corrected chi connectivity index (χ0v) is 42.9. The third-order valence-corrected chi connectivity index (χ3v) is 34.4. The third kappa shape index (κ3) is 8.96. The molecule has 4 bridgehead atoms. The molecule has 0 spiro atoms. The second-order valence-corrected chi connectivity index (χ2v) is 52.6. The Morgan fingerprint density at radius 3 is 1.07 bits per heavy atom. The van der Waals surface area contributed by atoms with Gasteiger partial charge in [0.2, 0.25) is 0 Å². The monoisotopic (exact) mass is 1090 g/mol. The molecular formula is C52H52Cl2F12SiZr. The molecule has 4 saturated carbocycles. The van der Waals surface area contributed by atoms with Gasteiger partial charge in [-0.2, -0.15) is 0 Å². The van der Waals surface area contributed by atoms with Crippen molar-refractivity contribution in [3.8, 4) is 22.3 Å². The van der Waals surface area contributed by atoms with Crippen LogP contribution in [-0.4, -0.2) is 6.88 Å². The summed E-state index contributed by atoms with van der Waals surface area (Å²) in [7, 11) is 0. The van der Waals surface area contributed by atoms with E-state index in [9.17, 15) is 52.7 Å². The van der Waals surface area contributed by atoms with E-state index in [1.54, 1.807) is 24.3 Å². The van der Waals surface area contributed by atoms with Gasteiger partial charge in [0, 0.05) is 0 Å². The number of allylic oxidation sites excluding steroid dienone is 2. The molecule has 16 heteroatoms. The van der Waals surface area contributed by atoms with E-state index >= 15 is 0 Å². The van der Waals surface area contributed by atoms with E-state index in [1.165, 1.54) is 0 Å². The van der Waals surface area contributed by atoms with Crippen molar-refractivity contribution in [2.24, 2.45) is 22.7 Å². The van der Waals surface area contributed by atoms with Gasteiger partial charge in [-0.05, 0) is 0 Å². The normalized spacial score (nSPS) is 26.6. The molecule has 6 aliphatic carbocycles. The summed E-state index contributed by atoms with van der Waals surface area (Å²) in [5.41, 5.74) is -0.151. The molecule has 2 atom stereocenters. The van der Waals surface area contributed by atoms with Gasteiger partial charge in [-0.1, -0.05) is 0 Å². The number of hydrogen-bond donors (Lipinski definition) is 0. The van der Waals surface area contributed by atoms with Crippen LogP contribution in [-0.2, 0) is 42.1 Å². The Bertz CT molecular complexity index is 2540. The summed E-state index contributed by atoms with van der Waals surface area (Å²) in [4.78, 5) is 0. The third-order valence-electron chi connectivity index (χ3n) is 16.9. The van der Waals surface area contributed by atoms with E-state index in [4.69, 9.17) is 0 Å². The summed E-state index contributed by atoms with van der Waals surface area (Å²) in [5, 5.41) is 0.